The van der Waals surface area contributed by atoms with Crippen molar-refractivity contribution in [2.75, 3.05) is 33.2 Å². The molecule has 4 heteroatoms. The first kappa shape index (κ1) is 15.5. The topological polar surface area (TPSA) is 18.5 Å². The number of likely N-dealkylation sites (N-methyl/N-ethyl adjacent to an activating group) is 1. The smallest absolute Gasteiger partial charge is 0.0302 e. The predicted octanol–water partition coefficient (Wildman–Crippen LogP) is 2.84. The highest BCUT2D eigenvalue weighted by molar-refractivity contribution is 7.12. The Bertz CT molecular complexity index is 447. The first-order valence-corrected chi connectivity index (χ1v) is 9.25. The van der Waals surface area contributed by atoms with Crippen molar-refractivity contribution in [2.24, 2.45) is 0 Å². The first-order valence-electron chi connectivity index (χ1n) is 8.43. The van der Waals surface area contributed by atoms with E-state index < -0.39 is 0 Å². The van der Waals surface area contributed by atoms with Gasteiger partial charge in [0.2, 0.25) is 0 Å². The van der Waals surface area contributed by atoms with Gasteiger partial charge in [-0.25, -0.2) is 0 Å². The van der Waals surface area contributed by atoms with E-state index in [4.69, 9.17) is 0 Å². The Kier molecular flexibility index (Phi) is 5.33. The standard InChI is InChI=1S/C17H29N3S/c1-14-15(11-17(21-14)12-18-16-5-6-16)13-19(2)9-10-20-7-3-4-8-20/h11,16,18H,3-10,12-13H2,1-2H3. The van der Waals surface area contributed by atoms with E-state index in [1.54, 1.807) is 0 Å². The summed E-state index contributed by atoms with van der Waals surface area (Å²) in [5.41, 5.74) is 1.52. The Hall–Kier alpha value is -0.420. The van der Waals surface area contributed by atoms with Crippen LogP contribution in [-0.2, 0) is 13.1 Å². The van der Waals surface area contributed by atoms with Crippen LogP contribution in [0.5, 0.6) is 0 Å². The van der Waals surface area contributed by atoms with Crippen LogP contribution >= 0.6 is 11.3 Å². The molecule has 0 amide bonds. The van der Waals surface area contributed by atoms with E-state index >= 15 is 0 Å². The molecule has 3 nitrogen and oxygen atoms in total. The van der Waals surface area contributed by atoms with Gasteiger partial charge in [-0.05, 0) is 64.4 Å². The van der Waals surface area contributed by atoms with Crippen molar-refractivity contribution in [3.8, 4) is 0 Å². The molecule has 1 aliphatic heterocycles. The molecule has 0 aromatic carbocycles. The summed E-state index contributed by atoms with van der Waals surface area (Å²) in [4.78, 5) is 8.07. The normalized spacial score (nSPS) is 19.8. The molecule has 2 aliphatic rings. The Morgan fingerprint density at radius 3 is 2.81 bits per heavy atom. The maximum atomic E-state index is 3.62. The molecule has 3 rings (SSSR count). The van der Waals surface area contributed by atoms with Crippen molar-refractivity contribution in [2.45, 2.75) is 51.7 Å². The quantitative estimate of drug-likeness (QED) is 0.797. The highest BCUT2D eigenvalue weighted by Crippen LogP contribution is 2.25. The largest absolute Gasteiger partial charge is 0.309 e. The zero-order chi connectivity index (χ0) is 14.7. The van der Waals surface area contributed by atoms with Crippen LogP contribution in [-0.4, -0.2) is 49.1 Å². The van der Waals surface area contributed by atoms with Crippen LogP contribution in [0, 0.1) is 6.92 Å². The van der Waals surface area contributed by atoms with Gasteiger partial charge in [-0.3, -0.25) is 0 Å². The fraction of sp³-hybridized carbons (Fsp3) is 0.765. The van der Waals surface area contributed by atoms with Crippen molar-refractivity contribution in [1.82, 2.24) is 15.1 Å². The summed E-state index contributed by atoms with van der Waals surface area (Å²) in [6, 6.07) is 3.22. The SMILES string of the molecule is Cc1sc(CNC2CC2)cc1CN(C)CCN1CCCC1. The van der Waals surface area contributed by atoms with Gasteiger partial charge >= 0.3 is 0 Å². The third kappa shape index (κ3) is 4.78. The lowest BCUT2D eigenvalue weighted by Gasteiger charge is -2.21. The summed E-state index contributed by atoms with van der Waals surface area (Å²) < 4.78 is 0. The minimum atomic E-state index is 0.805. The van der Waals surface area contributed by atoms with Crippen molar-refractivity contribution in [1.29, 1.82) is 0 Å². The van der Waals surface area contributed by atoms with E-state index in [-0.39, 0.29) is 0 Å². The Morgan fingerprint density at radius 2 is 2.10 bits per heavy atom. The number of likely N-dealkylation sites (tertiary alicyclic amines) is 1. The van der Waals surface area contributed by atoms with E-state index in [2.05, 4.69) is 35.2 Å². The summed E-state index contributed by atoms with van der Waals surface area (Å²) in [5, 5.41) is 3.62. The second-order valence-corrected chi connectivity index (χ2v) is 8.08. The Morgan fingerprint density at radius 1 is 1.33 bits per heavy atom. The average molecular weight is 308 g/mol. The number of aryl methyl sites for hydroxylation is 1. The van der Waals surface area contributed by atoms with Gasteiger partial charge in [0.15, 0.2) is 0 Å². The number of hydrogen-bond acceptors (Lipinski definition) is 4. The van der Waals surface area contributed by atoms with Crippen LogP contribution < -0.4 is 5.32 Å². The third-order valence-corrected chi connectivity index (χ3v) is 5.74. The molecule has 0 bridgehead atoms. The van der Waals surface area contributed by atoms with Crippen LogP contribution in [0.15, 0.2) is 6.07 Å². The summed E-state index contributed by atoms with van der Waals surface area (Å²) in [6.45, 7) is 9.47. The van der Waals surface area contributed by atoms with E-state index in [1.165, 1.54) is 67.2 Å². The summed E-state index contributed by atoms with van der Waals surface area (Å²) in [7, 11) is 2.26. The van der Waals surface area contributed by atoms with Gasteiger partial charge in [0, 0.05) is 42.0 Å². The molecule has 0 radical (unpaired) electrons. The lowest BCUT2D eigenvalue weighted by molar-refractivity contribution is 0.252. The van der Waals surface area contributed by atoms with Gasteiger partial charge in [0.25, 0.3) is 0 Å². The molecule has 2 fully saturated rings. The van der Waals surface area contributed by atoms with Crippen LogP contribution in [0.4, 0.5) is 0 Å². The number of nitrogens with zero attached hydrogens (tertiary/aromatic N) is 2. The molecule has 1 aliphatic carbocycles. The molecule has 1 N–H and O–H groups in total. The minimum Gasteiger partial charge on any atom is -0.309 e. The maximum Gasteiger partial charge on any atom is 0.0302 e. The molecule has 118 valence electrons. The first-order chi connectivity index (χ1) is 10.2. The Balaban J connectivity index is 1.44. The van der Waals surface area contributed by atoms with Crippen molar-refractivity contribution in [3.63, 3.8) is 0 Å². The van der Waals surface area contributed by atoms with Crippen LogP contribution in [0.3, 0.4) is 0 Å². The third-order valence-electron chi connectivity index (χ3n) is 4.65. The molecule has 0 spiro atoms. The van der Waals surface area contributed by atoms with Gasteiger partial charge in [-0.15, -0.1) is 11.3 Å². The summed E-state index contributed by atoms with van der Waals surface area (Å²) in [6.07, 6.45) is 5.53. The number of thiophene rings is 1. The molecule has 1 aromatic rings. The van der Waals surface area contributed by atoms with E-state index in [0.29, 0.717) is 0 Å². The Labute approximate surface area is 133 Å². The molecule has 2 heterocycles. The van der Waals surface area contributed by atoms with E-state index in [1.807, 2.05) is 11.3 Å². The molecular weight excluding hydrogens is 278 g/mol. The highest BCUT2D eigenvalue weighted by Gasteiger charge is 2.20. The molecular formula is C17H29N3S. The predicted molar refractivity (Wildman–Crippen MR) is 90.9 cm³/mol. The summed E-state index contributed by atoms with van der Waals surface area (Å²) in [5.74, 6) is 0. The van der Waals surface area contributed by atoms with E-state index in [9.17, 15) is 0 Å². The molecule has 1 saturated carbocycles. The highest BCUT2D eigenvalue weighted by atomic mass is 32.1. The lowest BCUT2D eigenvalue weighted by atomic mass is 10.2. The molecule has 1 aromatic heterocycles. The molecule has 1 saturated heterocycles. The van der Waals surface area contributed by atoms with Gasteiger partial charge in [-0.1, -0.05) is 0 Å². The van der Waals surface area contributed by atoms with Crippen LogP contribution in [0.1, 0.15) is 41.0 Å². The molecule has 0 atom stereocenters. The average Bonchev–Trinajstić information content (AvgIpc) is 3.02. The lowest BCUT2D eigenvalue weighted by Crippen LogP contribution is -2.31. The van der Waals surface area contributed by atoms with Gasteiger partial charge in [0.1, 0.15) is 0 Å². The maximum absolute atomic E-state index is 3.62. The zero-order valence-corrected chi connectivity index (χ0v) is 14.3. The van der Waals surface area contributed by atoms with Crippen LogP contribution in [0.25, 0.3) is 0 Å². The van der Waals surface area contributed by atoms with Crippen molar-refractivity contribution in [3.05, 3.63) is 21.4 Å². The fourth-order valence-corrected chi connectivity index (χ4v) is 4.06. The summed E-state index contributed by atoms with van der Waals surface area (Å²) >= 11 is 1.97. The van der Waals surface area contributed by atoms with Gasteiger partial charge < -0.3 is 15.1 Å². The number of hydrogen-bond donors (Lipinski definition) is 1. The molecule has 21 heavy (non-hydrogen) atoms. The van der Waals surface area contributed by atoms with Crippen molar-refractivity contribution < 1.29 is 0 Å². The van der Waals surface area contributed by atoms with Crippen LogP contribution in [0.2, 0.25) is 0 Å². The van der Waals surface area contributed by atoms with E-state index in [0.717, 1.165) is 19.1 Å². The minimum absolute atomic E-state index is 0.805. The monoisotopic (exact) mass is 307 g/mol. The second kappa shape index (κ2) is 7.23. The fourth-order valence-electron chi connectivity index (χ4n) is 3.05. The number of rotatable bonds is 8. The number of nitrogens with one attached hydrogen (secondary N) is 1. The van der Waals surface area contributed by atoms with Gasteiger partial charge in [0.05, 0.1) is 0 Å². The van der Waals surface area contributed by atoms with Crippen molar-refractivity contribution >= 4 is 11.3 Å². The molecule has 0 unspecified atom stereocenters. The zero-order valence-electron chi connectivity index (χ0n) is 13.5. The second-order valence-electron chi connectivity index (χ2n) is 6.74. The van der Waals surface area contributed by atoms with Gasteiger partial charge in [-0.2, -0.15) is 0 Å².